The highest BCUT2D eigenvalue weighted by molar-refractivity contribution is 4.68. The zero-order valence-electron chi connectivity index (χ0n) is 5.71. The van der Waals surface area contributed by atoms with Crippen molar-refractivity contribution in [3.8, 4) is 0 Å². The first kappa shape index (κ1) is 6.52. The number of rotatable bonds is 1. The van der Waals surface area contributed by atoms with Gasteiger partial charge in [0, 0.05) is 12.6 Å². The van der Waals surface area contributed by atoms with E-state index in [9.17, 15) is 4.91 Å². The molecule has 3 heteroatoms. The molecule has 1 rings (SSSR count). The minimum Gasteiger partial charge on any atom is -0.258 e. The van der Waals surface area contributed by atoms with Gasteiger partial charge in [-0.05, 0) is 26.2 Å². The summed E-state index contributed by atoms with van der Waals surface area (Å²) in [5, 5.41) is 4.54. The van der Waals surface area contributed by atoms with E-state index in [-0.39, 0.29) is 0 Å². The molecule has 9 heavy (non-hydrogen) atoms. The van der Waals surface area contributed by atoms with Gasteiger partial charge in [0.15, 0.2) is 0 Å². The average molecular weight is 128 g/mol. The van der Waals surface area contributed by atoms with E-state index in [0.29, 0.717) is 6.04 Å². The molecule has 0 amide bonds. The molecule has 0 saturated carbocycles. The van der Waals surface area contributed by atoms with E-state index < -0.39 is 0 Å². The van der Waals surface area contributed by atoms with E-state index in [0.717, 1.165) is 19.4 Å². The Bertz CT molecular complexity index is 105. The molecule has 52 valence electrons. The van der Waals surface area contributed by atoms with Crippen LogP contribution in [0.25, 0.3) is 0 Å². The van der Waals surface area contributed by atoms with Gasteiger partial charge in [-0.25, -0.2) is 0 Å². The Morgan fingerprint density at radius 1 is 1.56 bits per heavy atom. The predicted molar refractivity (Wildman–Crippen MR) is 35.8 cm³/mol. The molecule has 0 aromatic heterocycles. The molecule has 1 atom stereocenters. The van der Waals surface area contributed by atoms with Gasteiger partial charge in [-0.3, -0.25) is 5.01 Å². The summed E-state index contributed by atoms with van der Waals surface area (Å²) in [5.41, 5.74) is 0. The summed E-state index contributed by atoms with van der Waals surface area (Å²) in [6.45, 7) is 2.89. The monoisotopic (exact) mass is 128 g/mol. The number of hydrogen-bond donors (Lipinski definition) is 0. The van der Waals surface area contributed by atoms with Crippen molar-refractivity contribution in [2.75, 3.05) is 6.54 Å². The number of nitrogens with zero attached hydrogens (tertiary/aromatic N) is 2. The molecule has 1 heterocycles. The lowest BCUT2D eigenvalue weighted by Crippen LogP contribution is -2.32. The Balaban J connectivity index is 2.38. The maximum atomic E-state index is 10.0. The molecule has 0 N–H and O–H groups in total. The largest absolute Gasteiger partial charge is 0.258 e. The first-order valence-corrected chi connectivity index (χ1v) is 3.44. The van der Waals surface area contributed by atoms with Crippen molar-refractivity contribution in [3.05, 3.63) is 4.91 Å². The molecular formula is C6H12N2O. The van der Waals surface area contributed by atoms with Gasteiger partial charge in [-0.1, -0.05) is 0 Å². The lowest BCUT2D eigenvalue weighted by atomic mass is 10.1. The highest BCUT2D eigenvalue weighted by Gasteiger charge is 2.16. The number of hydrogen-bond acceptors (Lipinski definition) is 2. The fraction of sp³-hybridized carbons (Fsp3) is 1.00. The van der Waals surface area contributed by atoms with Crippen LogP contribution in [0.3, 0.4) is 0 Å². The minimum atomic E-state index is 0.372. The average Bonchev–Trinajstić information content (AvgIpc) is 1.89. The third-order valence-corrected chi connectivity index (χ3v) is 1.87. The van der Waals surface area contributed by atoms with Gasteiger partial charge in [0.05, 0.1) is 5.29 Å². The van der Waals surface area contributed by atoms with Gasteiger partial charge in [0.25, 0.3) is 0 Å². The molecule has 1 aliphatic heterocycles. The fourth-order valence-electron chi connectivity index (χ4n) is 1.20. The maximum absolute atomic E-state index is 10.0. The fourth-order valence-corrected chi connectivity index (χ4v) is 1.20. The highest BCUT2D eigenvalue weighted by atomic mass is 16.3. The van der Waals surface area contributed by atoms with Crippen LogP contribution in [-0.2, 0) is 0 Å². The van der Waals surface area contributed by atoms with Crippen LogP contribution in [0.2, 0.25) is 0 Å². The Morgan fingerprint density at radius 2 is 2.33 bits per heavy atom. The van der Waals surface area contributed by atoms with Crippen LogP contribution in [0.15, 0.2) is 5.29 Å². The Kier molecular flexibility index (Phi) is 2.03. The third-order valence-electron chi connectivity index (χ3n) is 1.87. The molecule has 1 saturated heterocycles. The molecule has 0 radical (unpaired) electrons. The van der Waals surface area contributed by atoms with Crippen molar-refractivity contribution in [2.45, 2.75) is 32.2 Å². The van der Waals surface area contributed by atoms with Crippen molar-refractivity contribution in [3.63, 3.8) is 0 Å². The number of nitroso groups, excluding NO2 is 1. The van der Waals surface area contributed by atoms with Gasteiger partial charge in [-0.15, -0.1) is 4.91 Å². The van der Waals surface area contributed by atoms with E-state index in [1.807, 2.05) is 6.92 Å². The Hall–Kier alpha value is -0.600. The summed E-state index contributed by atoms with van der Waals surface area (Å²) in [6.07, 6.45) is 3.48. The van der Waals surface area contributed by atoms with Crippen molar-refractivity contribution in [2.24, 2.45) is 5.29 Å². The van der Waals surface area contributed by atoms with Crippen molar-refractivity contribution in [1.82, 2.24) is 5.01 Å². The second-order valence-corrected chi connectivity index (χ2v) is 2.59. The molecule has 0 bridgehead atoms. The van der Waals surface area contributed by atoms with Crippen LogP contribution in [0, 0.1) is 4.91 Å². The van der Waals surface area contributed by atoms with Crippen LogP contribution in [-0.4, -0.2) is 17.6 Å². The molecule has 0 aromatic rings. The SMILES string of the molecule is C[C@H]1CCCCN1N=O. The van der Waals surface area contributed by atoms with Gasteiger partial charge >= 0.3 is 0 Å². The number of piperidine rings is 1. The second-order valence-electron chi connectivity index (χ2n) is 2.59. The molecule has 0 aliphatic carbocycles. The molecule has 0 spiro atoms. The Labute approximate surface area is 55.0 Å². The summed E-state index contributed by atoms with van der Waals surface area (Å²) in [5.74, 6) is 0. The lowest BCUT2D eigenvalue weighted by molar-refractivity contribution is 0.165. The minimum absolute atomic E-state index is 0.372. The molecule has 1 fully saturated rings. The van der Waals surface area contributed by atoms with Crippen LogP contribution in [0.5, 0.6) is 0 Å². The molecular weight excluding hydrogens is 116 g/mol. The summed E-state index contributed by atoms with van der Waals surface area (Å²) in [6, 6.07) is 0.372. The van der Waals surface area contributed by atoms with Gasteiger partial charge in [0.2, 0.25) is 0 Å². The van der Waals surface area contributed by atoms with Crippen LogP contribution < -0.4 is 0 Å². The Morgan fingerprint density at radius 3 is 2.78 bits per heavy atom. The summed E-state index contributed by atoms with van der Waals surface area (Å²) in [7, 11) is 0. The normalized spacial score (nSPS) is 28.1. The summed E-state index contributed by atoms with van der Waals surface area (Å²) in [4.78, 5) is 10.0. The van der Waals surface area contributed by atoms with E-state index >= 15 is 0 Å². The first-order chi connectivity index (χ1) is 4.34. The maximum Gasteiger partial charge on any atom is 0.0526 e. The van der Waals surface area contributed by atoms with E-state index in [4.69, 9.17) is 0 Å². The standard InChI is InChI=1S/C6H12N2O/c1-6-4-2-3-5-8(6)7-9/h6H,2-5H2,1H3/t6-/m0/s1. The molecule has 0 unspecified atom stereocenters. The quantitative estimate of drug-likeness (QED) is 0.502. The van der Waals surface area contributed by atoms with E-state index in [2.05, 4.69) is 5.29 Å². The third kappa shape index (κ3) is 1.40. The predicted octanol–water partition coefficient (Wildman–Crippen LogP) is 1.54. The summed E-state index contributed by atoms with van der Waals surface area (Å²) < 4.78 is 0. The van der Waals surface area contributed by atoms with E-state index in [1.165, 1.54) is 6.42 Å². The smallest absolute Gasteiger partial charge is 0.0526 e. The molecule has 1 aliphatic rings. The molecule has 3 nitrogen and oxygen atoms in total. The second kappa shape index (κ2) is 2.80. The van der Waals surface area contributed by atoms with Crippen LogP contribution in [0.4, 0.5) is 0 Å². The lowest BCUT2D eigenvalue weighted by Gasteiger charge is -2.27. The van der Waals surface area contributed by atoms with Gasteiger partial charge in [0.1, 0.15) is 0 Å². The topological polar surface area (TPSA) is 32.7 Å². The van der Waals surface area contributed by atoms with E-state index in [1.54, 1.807) is 5.01 Å². The zero-order chi connectivity index (χ0) is 6.69. The van der Waals surface area contributed by atoms with Gasteiger partial charge < -0.3 is 0 Å². The zero-order valence-corrected chi connectivity index (χ0v) is 5.71. The van der Waals surface area contributed by atoms with Crippen LogP contribution in [0.1, 0.15) is 26.2 Å². The molecule has 0 aromatic carbocycles. The first-order valence-electron chi connectivity index (χ1n) is 3.44. The van der Waals surface area contributed by atoms with Crippen molar-refractivity contribution in [1.29, 1.82) is 0 Å². The highest BCUT2D eigenvalue weighted by Crippen LogP contribution is 2.15. The summed E-state index contributed by atoms with van der Waals surface area (Å²) >= 11 is 0. The van der Waals surface area contributed by atoms with Crippen LogP contribution >= 0.6 is 0 Å². The van der Waals surface area contributed by atoms with Crippen molar-refractivity contribution >= 4 is 0 Å². The van der Waals surface area contributed by atoms with Gasteiger partial charge in [-0.2, -0.15) is 0 Å². The van der Waals surface area contributed by atoms with Crippen molar-refractivity contribution < 1.29 is 0 Å².